The van der Waals surface area contributed by atoms with E-state index in [4.69, 9.17) is 9.15 Å². The lowest BCUT2D eigenvalue weighted by atomic mass is 10.0. The molecule has 0 aliphatic carbocycles. The van der Waals surface area contributed by atoms with E-state index in [-0.39, 0.29) is 36.1 Å². The maximum atomic E-state index is 14.1. The molecule has 3 aromatic carbocycles. The number of hydrogen-bond acceptors (Lipinski definition) is 6. The summed E-state index contributed by atoms with van der Waals surface area (Å²) in [5.74, 6) is -0.239. The first-order chi connectivity index (χ1) is 19.5. The molecule has 0 saturated heterocycles. The monoisotopic (exact) mass is 595 g/mol. The summed E-state index contributed by atoms with van der Waals surface area (Å²) in [6, 6.07) is 21.7. The Morgan fingerprint density at radius 1 is 0.902 bits per heavy atom. The lowest BCUT2D eigenvalue weighted by molar-refractivity contribution is 0.0487. The molecule has 1 N–H and O–H groups in total. The highest BCUT2D eigenvalue weighted by Crippen LogP contribution is 2.29. The molecule has 41 heavy (non-hydrogen) atoms. The lowest BCUT2D eigenvalue weighted by Crippen LogP contribution is -2.31. The molecular formula is C31H33NO7S2. The number of rotatable bonds is 11. The lowest BCUT2D eigenvalue weighted by Gasteiger charge is -2.24. The van der Waals surface area contributed by atoms with Gasteiger partial charge in [0.05, 0.1) is 23.8 Å². The fourth-order valence-electron chi connectivity index (χ4n) is 4.87. The van der Waals surface area contributed by atoms with Gasteiger partial charge in [-0.3, -0.25) is 0 Å². The molecule has 0 amide bonds. The van der Waals surface area contributed by atoms with Crippen LogP contribution in [-0.4, -0.2) is 34.1 Å². The van der Waals surface area contributed by atoms with E-state index in [0.29, 0.717) is 16.9 Å². The minimum Gasteiger partial charge on any atom is -0.460 e. The van der Waals surface area contributed by atoms with Gasteiger partial charge in [0.1, 0.15) is 5.76 Å². The van der Waals surface area contributed by atoms with E-state index in [1.54, 1.807) is 32.9 Å². The molecule has 4 rings (SSSR count). The van der Waals surface area contributed by atoms with Crippen molar-refractivity contribution < 1.29 is 31.1 Å². The SMILES string of the molecule is CCOC(=O)c1ccc(CN(Cc2ccc(-c3cccc(CS(=O)O)c3)cc2)S(=O)(=O)c2c(C)cc(C)cc2C)o1. The van der Waals surface area contributed by atoms with E-state index >= 15 is 0 Å². The van der Waals surface area contributed by atoms with Crippen molar-refractivity contribution in [2.75, 3.05) is 6.61 Å². The topological polar surface area (TPSA) is 114 Å². The zero-order chi connectivity index (χ0) is 29.7. The van der Waals surface area contributed by atoms with Crippen LogP contribution in [0.15, 0.2) is 82.1 Å². The third-order valence-corrected chi connectivity index (χ3v) is 9.21. The largest absolute Gasteiger partial charge is 0.460 e. The summed E-state index contributed by atoms with van der Waals surface area (Å²) in [5.41, 5.74) is 5.55. The second-order valence-corrected chi connectivity index (χ2v) is 12.7. The number of sulfonamides is 1. The van der Waals surface area contributed by atoms with Crippen molar-refractivity contribution in [3.05, 3.63) is 112 Å². The second-order valence-electron chi connectivity index (χ2n) is 9.85. The molecule has 1 aromatic heterocycles. The number of nitrogens with zero attached hydrogens (tertiary/aromatic N) is 1. The van der Waals surface area contributed by atoms with Crippen molar-refractivity contribution in [1.29, 1.82) is 0 Å². The molecular weight excluding hydrogens is 562 g/mol. The average molecular weight is 596 g/mol. The van der Waals surface area contributed by atoms with Crippen LogP contribution in [0, 0.1) is 20.8 Å². The maximum Gasteiger partial charge on any atom is 0.374 e. The van der Waals surface area contributed by atoms with Crippen molar-refractivity contribution in [3.63, 3.8) is 0 Å². The highest BCUT2D eigenvalue weighted by Gasteiger charge is 2.29. The summed E-state index contributed by atoms with van der Waals surface area (Å²) in [6.45, 7) is 7.36. The molecule has 0 radical (unpaired) electrons. The Labute approximate surface area is 243 Å². The van der Waals surface area contributed by atoms with Gasteiger partial charge in [-0.25, -0.2) is 17.4 Å². The fraction of sp³-hybridized carbons (Fsp3) is 0.258. The van der Waals surface area contributed by atoms with E-state index < -0.39 is 27.1 Å². The van der Waals surface area contributed by atoms with Crippen LogP contribution >= 0.6 is 0 Å². The Kier molecular flexibility index (Phi) is 9.60. The molecule has 0 bridgehead atoms. The zero-order valence-corrected chi connectivity index (χ0v) is 25.1. The molecule has 0 fully saturated rings. The standard InChI is InChI=1S/C31H33NO7S2/c1-5-38-31(33)29-14-13-28(39-29)19-32(41(36,37)30-22(3)15-21(2)16-23(30)4)18-24-9-11-26(12-10-24)27-8-6-7-25(17-27)20-40(34)35/h6-17H,5,18-20H2,1-4H3,(H,34,35). The minimum absolute atomic E-state index is 0.0125. The van der Waals surface area contributed by atoms with Gasteiger partial charge in [-0.2, -0.15) is 4.31 Å². The van der Waals surface area contributed by atoms with E-state index in [0.717, 1.165) is 27.8 Å². The first-order valence-corrected chi connectivity index (χ1v) is 15.8. The maximum absolute atomic E-state index is 14.1. The fourth-order valence-corrected chi connectivity index (χ4v) is 7.14. The van der Waals surface area contributed by atoms with Crippen molar-refractivity contribution >= 4 is 27.1 Å². The Balaban J connectivity index is 1.67. The molecule has 0 aliphatic rings. The van der Waals surface area contributed by atoms with Gasteiger partial charge >= 0.3 is 5.97 Å². The molecule has 1 atom stereocenters. The van der Waals surface area contributed by atoms with Gasteiger partial charge in [-0.15, -0.1) is 0 Å². The van der Waals surface area contributed by atoms with E-state index in [2.05, 4.69) is 0 Å². The van der Waals surface area contributed by atoms with Crippen LogP contribution in [0.4, 0.5) is 0 Å². The summed E-state index contributed by atoms with van der Waals surface area (Å²) in [4.78, 5) is 12.4. The summed E-state index contributed by atoms with van der Waals surface area (Å²) >= 11 is -1.94. The van der Waals surface area contributed by atoms with Gasteiger partial charge in [0, 0.05) is 6.54 Å². The molecule has 8 nitrogen and oxygen atoms in total. The number of carbonyl (C=O) groups excluding carboxylic acids is 1. The summed E-state index contributed by atoms with van der Waals surface area (Å²) in [7, 11) is -3.97. The smallest absolute Gasteiger partial charge is 0.374 e. The number of carbonyl (C=O) groups is 1. The van der Waals surface area contributed by atoms with E-state index in [1.165, 1.54) is 10.4 Å². The quantitative estimate of drug-likeness (QED) is 0.163. The predicted octanol–water partition coefficient (Wildman–Crippen LogP) is 6.16. The number of aryl methyl sites for hydroxylation is 3. The molecule has 0 spiro atoms. The van der Waals surface area contributed by atoms with Gasteiger partial charge < -0.3 is 13.7 Å². The normalized spacial score (nSPS) is 12.4. The van der Waals surface area contributed by atoms with Gasteiger partial charge in [-0.05, 0) is 73.2 Å². The van der Waals surface area contributed by atoms with E-state index in [1.807, 2.05) is 61.5 Å². The molecule has 216 valence electrons. The van der Waals surface area contributed by atoms with Gasteiger partial charge in [0.15, 0.2) is 11.1 Å². The zero-order valence-electron chi connectivity index (χ0n) is 23.4. The third kappa shape index (κ3) is 7.39. The number of benzene rings is 3. The van der Waals surface area contributed by atoms with Crippen LogP contribution in [0.25, 0.3) is 11.1 Å². The van der Waals surface area contributed by atoms with Crippen LogP contribution in [0.3, 0.4) is 0 Å². The van der Waals surface area contributed by atoms with E-state index in [9.17, 15) is 22.0 Å². The van der Waals surface area contributed by atoms with Crippen LogP contribution in [0.2, 0.25) is 0 Å². The molecule has 0 aliphatic heterocycles. The summed E-state index contributed by atoms with van der Waals surface area (Å²) in [6.07, 6.45) is 0. The van der Waals surface area contributed by atoms with Crippen molar-refractivity contribution in [2.45, 2.75) is 51.4 Å². The van der Waals surface area contributed by atoms with Gasteiger partial charge in [0.2, 0.25) is 15.8 Å². The number of hydrogen-bond donors (Lipinski definition) is 1. The highest BCUT2D eigenvalue weighted by molar-refractivity contribution is 7.89. The first kappa shape index (κ1) is 30.4. The number of ether oxygens (including phenoxy) is 1. The Bertz CT molecular complexity index is 1650. The highest BCUT2D eigenvalue weighted by atomic mass is 32.2. The molecule has 4 aromatic rings. The molecule has 1 heterocycles. The molecule has 1 unspecified atom stereocenters. The summed E-state index contributed by atoms with van der Waals surface area (Å²) < 4.78 is 60.7. The molecule has 0 saturated carbocycles. The van der Waals surface area contributed by atoms with Crippen LogP contribution < -0.4 is 0 Å². The first-order valence-electron chi connectivity index (χ1n) is 13.1. The summed E-state index contributed by atoms with van der Waals surface area (Å²) in [5, 5.41) is 0. The van der Waals surface area contributed by atoms with Crippen molar-refractivity contribution in [1.82, 2.24) is 4.31 Å². The number of esters is 1. The minimum atomic E-state index is -3.97. The average Bonchev–Trinajstić information content (AvgIpc) is 3.37. The Morgan fingerprint density at radius 2 is 1.59 bits per heavy atom. The number of furan rings is 1. The van der Waals surface area contributed by atoms with Crippen molar-refractivity contribution in [3.8, 4) is 11.1 Å². The Hall–Kier alpha value is -3.57. The van der Waals surface area contributed by atoms with Gasteiger partial charge in [-0.1, -0.05) is 66.2 Å². The Morgan fingerprint density at radius 3 is 2.22 bits per heavy atom. The predicted molar refractivity (Wildman–Crippen MR) is 158 cm³/mol. The van der Waals surface area contributed by atoms with Crippen LogP contribution in [-0.2, 0) is 44.7 Å². The van der Waals surface area contributed by atoms with Crippen LogP contribution in [0.5, 0.6) is 0 Å². The second kappa shape index (κ2) is 12.9. The van der Waals surface area contributed by atoms with Crippen LogP contribution in [0.1, 0.15) is 51.1 Å². The molecule has 10 heteroatoms. The van der Waals surface area contributed by atoms with Crippen molar-refractivity contribution in [2.24, 2.45) is 0 Å². The third-order valence-electron chi connectivity index (χ3n) is 6.54. The van der Waals surface area contributed by atoms with Gasteiger partial charge in [0.25, 0.3) is 0 Å².